The van der Waals surface area contributed by atoms with Crippen molar-refractivity contribution in [3.05, 3.63) is 155 Å². The molecule has 292 valence electrons. The van der Waals surface area contributed by atoms with E-state index in [0.717, 1.165) is 36.3 Å². The first kappa shape index (κ1) is 40.4. The zero-order valence-corrected chi connectivity index (χ0v) is 31.5. The first-order valence-electron chi connectivity index (χ1n) is 18.3. The highest BCUT2D eigenvalue weighted by Gasteiger charge is 2.20. The fraction of sp³-hybridized carbons (Fsp3) is 0.200. The van der Waals surface area contributed by atoms with Crippen LogP contribution in [0.1, 0.15) is 38.8 Å². The summed E-state index contributed by atoms with van der Waals surface area (Å²) in [4.78, 5) is 35.5. The number of amides is 1. The molecule has 0 unspecified atom stereocenters. The van der Waals surface area contributed by atoms with E-state index in [-0.39, 0.29) is 34.2 Å². The van der Waals surface area contributed by atoms with Crippen molar-refractivity contribution < 1.29 is 37.0 Å². The van der Waals surface area contributed by atoms with E-state index in [2.05, 4.69) is 20.2 Å². The number of hydrogen-bond donors (Lipinski definition) is 2. The van der Waals surface area contributed by atoms with E-state index < -0.39 is 29.2 Å². The number of aromatic carboxylic acids is 1. The lowest BCUT2D eigenvalue weighted by Gasteiger charge is -2.29. The maximum atomic E-state index is 14.6. The van der Waals surface area contributed by atoms with Crippen molar-refractivity contribution in [2.75, 3.05) is 32.8 Å². The van der Waals surface area contributed by atoms with Crippen LogP contribution in [0.3, 0.4) is 0 Å². The van der Waals surface area contributed by atoms with Gasteiger partial charge in [-0.15, -0.1) is 0 Å². The number of rotatable bonds is 9. The standard InChI is InChI=1S/C26H27F2N3O2.C19H13F2NO2/c1-17-6-7-24(29-15-17)20-12-19(22-4-3-5-23(27)25(22)28)13-21(14-20)26(32)30-18(2)16-31-8-10-33-11-9-31;1-11-5-6-17(22-10-11)13-7-12(8-14(9-13)19(23)24)15-3-2-4-16(20)18(15)21/h3-7,12-15,18H,8-11,16H2,1-2H3,(H,30,32);2-10H,1H3,(H,23,24)/t18-;/m1./s1. The summed E-state index contributed by atoms with van der Waals surface area (Å²) >= 11 is 0. The summed E-state index contributed by atoms with van der Waals surface area (Å²) in [5.74, 6) is -5.30. The molecule has 6 aromatic rings. The number of hydrogen-bond acceptors (Lipinski definition) is 6. The Hall–Kier alpha value is -6.24. The van der Waals surface area contributed by atoms with E-state index in [9.17, 15) is 32.3 Å². The summed E-state index contributed by atoms with van der Waals surface area (Å²) in [6.45, 7) is 9.52. The fourth-order valence-corrected chi connectivity index (χ4v) is 6.37. The molecule has 0 spiro atoms. The summed E-state index contributed by atoms with van der Waals surface area (Å²) in [5.41, 5.74) is 5.49. The van der Waals surface area contributed by atoms with Crippen LogP contribution in [-0.2, 0) is 4.74 Å². The summed E-state index contributed by atoms with van der Waals surface area (Å²) in [7, 11) is 0. The number of carboxylic acid groups (broad SMARTS) is 1. The SMILES string of the molecule is Cc1ccc(-c2cc(C(=O)N[C@H](C)CN3CCOCC3)cc(-c3cccc(F)c3F)c2)nc1.Cc1ccc(-c2cc(C(=O)O)cc(-c3cccc(F)c3F)c2)nc1. The molecular formula is C45H40F4N4O4. The first-order chi connectivity index (χ1) is 27.4. The molecule has 1 saturated heterocycles. The molecule has 0 radical (unpaired) electrons. The van der Waals surface area contributed by atoms with Gasteiger partial charge in [0.2, 0.25) is 0 Å². The Morgan fingerprint density at radius 1 is 0.702 bits per heavy atom. The van der Waals surface area contributed by atoms with Crippen molar-refractivity contribution in [2.24, 2.45) is 0 Å². The minimum absolute atomic E-state index is 0.00598. The van der Waals surface area contributed by atoms with E-state index in [4.69, 9.17) is 4.74 Å². The van der Waals surface area contributed by atoms with Gasteiger partial charge in [-0.25, -0.2) is 22.4 Å². The zero-order valence-electron chi connectivity index (χ0n) is 31.5. The van der Waals surface area contributed by atoms with Crippen LogP contribution in [0.25, 0.3) is 44.8 Å². The molecule has 57 heavy (non-hydrogen) atoms. The van der Waals surface area contributed by atoms with Gasteiger partial charge in [-0.05, 0) is 104 Å². The molecule has 0 bridgehead atoms. The molecule has 0 saturated carbocycles. The van der Waals surface area contributed by atoms with Gasteiger partial charge in [0.25, 0.3) is 5.91 Å². The van der Waals surface area contributed by atoms with Gasteiger partial charge < -0.3 is 15.2 Å². The van der Waals surface area contributed by atoms with Crippen LogP contribution in [0, 0.1) is 37.1 Å². The number of nitrogens with zero attached hydrogens (tertiary/aromatic N) is 3. The number of carbonyl (C=O) groups is 2. The Morgan fingerprint density at radius 2 is 1.18 bits per heavy atom. The van der Waals surface area contributed by atoms with E-state index in [1.807, 2.05) is 39.0 Å². The van der Waals surface area contributed by atoms with Gasteiger partial charge in [0.1, 0.15) is 0 Å². The van der Waals surface area contributed by atoms with Gasteiger partial charge in [-0.3, -0.25) is 19.7 Å². The molecule has 4 aromatic carbocycles. The second-order valence-electron chi connectivity index (χ2n) is 13.8. The lowest BCUT2D eigenvalue weighted by Crippen LogP contribution is -2.46. The van der Waals surface area contributed by atoms with Gasteiger partial charge in [0.05, 0.1) is 30.2 Å². The molecule has 1 fully saturated rings. The smallest absolute Gasteiger partial charge is 0.335 e. The number of morpholine rings is 1. The van der Waals surface area contributed by atoms with Gasteiger partial charge >= 0.3 is 5.97 Å². The minimum Gasteiger partial charge on any atom is -0.478 e. The molecule has 2 N–H and O–H groups in total. The zero-order chi connectivity index (χ0) is 40.6. The Balaban J connectivity index is 0.000000203. The van der Waals surface area contributed by atoms with Crippen LogP contribution in [-0.4, -0.2) is 70.7 Å². The summed E-state index contributed by atoms with van der Waals surface area (Å²) in [6.07, 6.45) is 3.39. The summed E-state index contributed by atoms with van der Waals surface area (Å²) in [6, 6.07) is 24.5. The number of pyridine rings is 2. The molecule has 7 rings (SSSR count). The van der Waals surface area contributed by atoms with Crippen molar-refractivity contribution in [1.29, 1.82) is 0 Å². The highest BCUT2D eigenvalue weighted by Crippen LogP contribution is 2.32. The van der Waals surface area contributed by atoms with Gasteiger partial charge in [-0.1, -0.05) is 36.4 Å². The molecule has 1 aliphatic heterocycles. The van der Waals surface area contributed by atoms with Crippen molar-refractivity contribution in [1.82, 2.24) is 20.2 Å². The quantitative estimate of drug-likeness (QED) is 0.141. The molecule has 1 atom stereocenters. The van der Waals surface area contributed by atoms with Crippen molar-refractivity contribution in [2.45, 2.75) is 26.8 Å². The van der Waals surface area contributed by atoms with Crippen LogP contribution < -0.4 is 5.32 Å². The first-order valence-corrected chi connectivity index (χ1v) is 18.3. The number of carboxylic acids is 1. The molecular weight excluding hydrogens is 737 g/mol. The number of aromatic nitrogens is 2. The summed E-state index contributed by atoms with van der Waals surface area (Å²) in [5, 5.41) is 12.3. The molecule has 3 heterocycles. The maximum absolute atomic E-state index is 14.6. The molecule has 0 aliphatic carbocycles. The highest BCUT2D eigenvalue weighted by molar-refractivity contribution is 5.97. The minimum atomic E-state index is -1.15. The van der Waals surface area contributed by atoms with Crippen LogP contribution in [0.2, 0.25) is 0 Å². The van der Waals surface area contributed by atoms with Crippen LogP contribution in [0.5, 0.6) is 0 Å². The lowest BCUT2D eigenvalue weighted by molar-refractivity contribution is 0.0342. The third-order valence-electron chi connectivity index (χ3n) is 9.33. The number of carbonyl (C=O) groups excluding carboxylic acids is 1. The molecule has 8 nitrogen and oxygen atoms in total. The third kappa shape index (κ3) is 10.1. The van der Waals surface area contributed by atoms with E-state index in [1.54, 1.807) is 42.7 Å². The second-order valence-corrected chi connectivity index (χ2v) is 13.8. The largest absolute Gasteiger partial charge is 0.478 e. The maximum Gasteiger partial charge on any atom is 0.335 e. The number of ether oxygens (including phenoxy) is 1. The Bertz CT molecular complexity index is 2380. The van der Waals surface area contributed by atoms with E-state index in [0.29, 0.717) is 53.4 Å². The highest BCUT2D eigenvalue weighted by atomic mass is 19.2. The number of nitrogens with one attached hydrogen (secondary N) is 1. The Morgan fingerprint density at radius 3 is 1.65 bits per heavy atom. The monoisotopic (exact) mass is 776 g/mol. The van der Waals surface area contributed by atoms with Gasteiger partial charge in [-0.2, -0.15) is 0 Å². The number of benzene rings is 4. The van der Waals surface area contributed by atoms with E-state index in [1.165, 1.54) is 36.4 Å². The molecule has 2 aromatic heterocycles. The Labute approximate surface area is 327 Å². The lowest BCUT2D eigenvalue weighted by atomic mass is 9.97. The molecule has 1 aliphatic rings. The van der Waals surface area contributed by atoms with Crippen LogP contribution >= 0.6 is 0 Å². The second kappa shape index (κ2) is 18.1. The third-order valence-corrected chi connectivity index (χ3v) is 9.33. The predicted molar refractivity (Wildman–Crippen MR) is 211 cm³/mol. The average Bonchev–Trinajstić information content (AvgIpc) is 3.20. The number of aryl methyl sites for hydroxylation is 2. The van der Waals surface area contributed by atoms with Gasteiger partial charge in [0, 0.05) is 65.9 Å². The van der Waals surface area contributed by atoms with Gasteiger partial charge in [0.15, 0.2) is 23.3 Å². The summed E-state index contributed by atoms with van der Waals surface area (Å²) < 4.78 is 61.4. The van der Waals surface area contributed by atoms with Crippen LogP contribution in [0.4, 0.5) is 17.6 Å². The van der Waals surface area contributed by atoms with Crippen LogP contribution in [0.15, 0.2) is 109 Å². The molecule has 12 heteroatoms. The van der Waals surface area contributed by atoms with Crippen molar-refractivity contribution >= 4 is 11.9 Å². The topological polar surface area (TPSA) is 105 Å². The predicted octanol–water partition coefficient (Wildman–Crippen LogP) is 9.15. The molecule has 1 amide bonds. The average molecular weight is 777 g/mol. The Kier molecular flexibility index (Phi) is 12.9. The number of halogens is 4. The van der Waals surface area contributed by atoms with E-state index >= 15 is 0 Å². The normalized spacial score (nSPS) is 13.3. The van der Waals surface area contributed by atoms with Crippen molar-refractivity contribution in [3.8, 4) is 44.8 Å². The fourth-order valence-electron chi connectivity index (χ4n) is 6.37. The van der Waals surface area contributed by atoms with Crippen molar-refractivity contribution in [3.63, 3.8) is 0 Å².